The molecule has 0 aliphatic heterocycles. The largest absolute Gasteiger partial charge is 0.150 e. The van der Waals surface area contributed by atoms with Gasteiger partial charge in [-0.25, -0.2) is 5.57 Å². The third-order valence-corrected chi connectivity index (χ3v) is 6.54. The number of allylic oxidation sites excluding steroid dienone is 4. The molecule has 0 heterocycles. The van der Waals surface area contributed by atoms with Crippen LogP contribution in [-0.2, 0) is 23.3 Å². The van der Waals surface area contributed by atoms with Crippen molar-refractivity contribution < 1.29 is 23.3 Å². The predicted molar refractivity (Wildman–Crippen MR) is 156 cm³/mol. The Hall–Kier alpha value is -0.790. The second-order valence-corrected chi connectivity index (χ2v) is 18.6. The summed E-state index contributed by atoms with van der Waals surface area (Å²) in [4.78, 5) is 0. The van der Waals surface area contributed by atoms with Gasteiger partial charge in [-0.2, -0.15) is 11.1 Å². The van der Waals surface area contributed by atoms with Gasteiger partial charge in [0.1, 0.15) is 0 Å². The summed E-state index contributed by atoms with van der Waals surface area (Å²) in [6.45, 7) is 22.2. The van der Waals surface area contributed by atoms with Crippen LogP contribution in [0.5, 0.6) is 0 Å². The van der Waals surface area contributed by atoms with Crippen LogP contribution in [-0.4, -0.2) is 5.43 Å². The molecule has 3 aromatic rings. The van der Waals surface area contributed by atoms with E-state index in [0.717, 1.165) is 0 Å². The molecule has 0 aromatic heterocycles. The summed E-state index contributed by atoms with van der Waals surface area (Å²) in [5.74, 6) is 0.560. The Morgan fingerprint density at radius 3 is 1.91 bits per heavy atom. The van der Waals surface area contributed by atoms with E-state index in [2.05, 4.69) is 117 Å². The molecule has 4 rings (SSSR count). The van der Waals surface area contributed by atoms with Crippen LogP contribution in [0.15, 0.2) is 59.2 Å². The second kappa shape index (κ2) is 14.7. The van der Waals surface area contributed by atoms with Crippen LogP contribution in [0.2, 0.25) is 13.1 Å². The minimum Gasteiger partial charge on any atom is -0.150 e. The molecular weight excluding hydrogens is 551 g/mol. The minimum atomic E-state index is 0. The summed E-state index contributed by atoms with van der Waals surface area (Å²) in [5.41, 5.74) is 12.8. The van der Waals surface area contributed by atoms with Gasteiger partial charge in [-0.15, -0.1) is 78.4 Å². The van der Waals surface area contributed by atoms with Gasteiger partial charge in [0, 0.05) is 0 Å². The van der Waals surface area contributed by atoms with E-state index in [4.69, 9.17) is 0 Å². The summed E-state index contributed by atoms with van der Waals surface area (Å²) in [6, 6.07) is 15.4. The third kappa shape index (κ3) is 8.12. The Labute approximate surface area is 235 Å². The van der Waals surface area contributed by atoms with Crippen molar-refractivity contribution in [3.05, 3.63) is 87.5 Å². The van der Waals surface area contributed by atoms with E-state index in [0.29, 0.717) is 5.92 Å². The van der Waals surface area contributed by atoms with Gasteiger partial charge in [0.25, 0.3) is 0 Å². The monoisotopic (exact) mass is 588 g/mol. The van der Waals surface area contributed by atoms with Crippen molar-refractivity contribution >= 4 is 41.0 Å². The van der Waals surface area contributed by atoms with E-state index in [9.17, 15) is 0 Å². The zero-order valence-corrected chi connectivity index (χ0v) is 27.5. The van der Waals surface area contributed by atoms with Gasteiger partial charge in [-0.3, -0.25) is 6.08 Å². The van der Waals surface area contributed by atoms with Gasteiger partial charge in [0.05, 0.1) is 0 Å². The van der Waals surface area contributed by atoms with Gasteiger partial charge < -0.3 is 0 Å². The molecule has 0 spiro atoms. The summed E-state index contributed by atoms with van der Waals surface area (Å²) in [7, 11) is 0. The molecule has 0 nitrogen and oxygen atoms in total. The molecular formula is C30H40Cl2SiZr. The Morgan fingerprint density at radius 2 is 1.44 bits per heavy atom. The topological polar surface area (TPSA) is 0 Å². The molecule has 0 saturated heterocycles. The van der Waals surface area contributed by atoms with E-state index in [-0.39, 0.29) is 30.2 Å². The fourth-order valence-corrected chi connectivity index (χ4v) is 4.23. The van der Waals surface area contributed by atoms with Crippen LogP contribution in [0.25, 0.3) is 21.9 Å². The Balaban J connectivity index is 0.000000614. The standard InChI is InChI=1S/C19H19.C9H13.C2H6Si.2ClH.Zr/c1-12-11-13(2)19(15(4)14(12)3)18-10-9-16-7-5-6-8-17(16)18;1-6-5-7(2)9(4)8(6)3;1-3-2;;;/h5-11H,1-4H3;6H,1-4H3;1-2H3;2*1H;/q2*-1;;;;+2. The number of rotatable bonds is 1. The predicted octanol–water partition coefficient (Wildman–Crippen LogP) is 9.81. The SMILES string of the molecule is CC1=[C-]C(C)C(C)=C1C.C[Si](C)=[Zr+2].Cc1cc(C)c(-c2c[cH-]c3ccccc23)c(C)c1C.Cl.Cl. The smallest absolute Gasteiger partial charge is 0.0393 e. The van der Waals surface area contributed by atoms with Gasteiger partial charge in [0.15, 0.2) is 0 Å². The van der Waals surface area contributed by atoms with E-state index >= 15 is 0 Å². The molecule has 3 aromatic carbocycles. The van der Waals surface area contributed by atoms with Crippen molar-refractivity contribution in [3.8, 4) is 11.1 Å². The molecule has 182 valence electrons. The fourth-order valence-electron chi connectivity index (χ4n) is 4.23. The molecule has 0 bridgehead atoms. The average Bonchev–Trinajstić information content (AvgIpc) is 3.23. The number of aryl methyl sites for hydroxylation is 2. The van der Waals surface area contributed by atoms with E-state index < -0.39 is 0 Å². The second-order valence-electron chi connectivity index (χ2n) is 9.27. The molecule has 0 N–H and O–H groups in total. The first kappa shape index (κ1) is 33.2. The molecule has 34 heavy (non-hydrogen) atoms. The normalized spacial score (nSPS) is 14.2. The van der Waals surface area contributed by atoms with Crippen LogP contribution >= 0.6 is 24.8 Å². The van der Waals surface area contributed by atoms with Crippen molar-refractivity contribution in [2.24, 2.45) is 5.92 Å². The zero-order valence-electron chi connectivity index (χ0n) is 22.4. The maximum atomic E-state index is 3.36. The molecule has 4 heteroatoms. The van der Waals surface area contributed by atoms with E-state index in [1.165, 1.54) is 60.9 Å². The molecule has 1 aliphatic rings. The van der Waals surface area contributed by atoms with Crippen molar-refractivity contribution in [2.75, 3.05) is 0 Å². The molecule has 1 unspecified atom stereocenters. The van der Waals surface area contributed by atoms with Gasteiger partial charge in [-0.1, -0.05) is 49.9 Å². The molecule has 0 saturated carbocycles. The quantitative estimate of drug-likeness (QED) is 0.195. The van der Waals surface area contributed by atoms with Crippen LogP contribution in [0.1, 0.15) is 49.9 Å². The summed E-state index contributed by atoms with van der Waals surface area (Å²) < 4.78 is 0. The molecule has 0 fully saturated rings. The Morgan fingerprint density at radius 1 is 0.882 bits per heavy atom. The first-order valence-electron chi connectivity index (χ1n) is 11.5. The van der Waals surface area contributed by atoms with Crippen LogP contribution in [0.3, 0.4) is 0 Å². The first-order chi connectivity index (χ1) is 15.0. The first-order valence-corrected chi connectivity index (χ1v) is 17.7. The molecule has 0 amide bonds. The molecule has 1 atom stereocenters. The number of hydrogen-bond donors (Lipinski definition) is 0. The summed E-state index contributed by atoms with van der Waals surface area (Å²) in [6.07, 6.45) is 3.36. The zero-order chi connectivity index (χ0) is 24.2. The van der Waals surface area contributed by atoms with Crippen molar-refractivity contribution in [1.82, 2.24) is 0 Å². The van der Waals surface area contributed by atoms with Gasteiger partial charge in [-0.05, 0) is 44.4 Å². The maximum absolute atomic E-state index is 3.36. The van der Waals surface area contributed by atoms with E-state index in [1.54, 1.807) is 23.3 Å². The Kier molecular flexibility index (Phi) is 14.4. The maximum Gasteiger partial charge on any atom is -0.0393 e. The van der Waals surface area contributed by atoms with Gasteiger partial charge in [0.2, 0.25) is 0 Å². The van der Waals surface area contributed by atoms with Crippen LogP contribution in [0, 0.1) is 39.7 Å². The average molecular weight is 591 g/mol. The third-order valence-electron chi connectivity index (χ3n) is 6.54. The summed E-state index contributed by atoms with van der Waals surface area (Å²) in [5, 5.41) is 2.69. The minimum absolute atomic E-state index is 0. The number of hydrogen-bond acceptors (Lipinski definition) is 0. The van der Waals surface area contributed by atoms with Crippen molar-refractivity contribution in [1.29, 1.82) is 0 Å². The Bertz CT molecular complexity index is 1190. The van der Waals surface area contributed by atoms with Crippen molar-refractivity contribution in [2.45, 2.75) is 68.5 Å². The molecule has 0 radical (unpaired) electrons. The summed E-state index contributed by atoms with van der Waals surface area (Å²) >= 11 is 1.74. The molecule has 1 aliphatic carbocycles. The number of halogens is 2. The fraction of sp³-hybridized carbons (Fsp3) is 0.367. The number of fused-ring (bicyclic) bond motifs is 1. The number of benzene rings is 2. The van der Waals surface area contributed by atoms with Crippen LogP contribution in [0.4, 0.5) is 0 Å². The van der Waals surface area contributed by atoms with Crippen LogP contribution < -0.4 is 0 Å². The van der Waals surface area contributed by atoms with Crippen molar-refractivity contribution in [3.63, 3.8) is 0 Å². The van der Waals surface area contributed by atoms with E-state index in [1.807, 2.05) is 0 Å². The van der Waals surface area contributed by atoms with Gasteiger partial charge >= 0.3 is 41.9 Å².